The Kier molecular flexibility index (Phi) is 7.42. The van der Waals surface area contributed by atoms with Crippen LogP contribution >= 0.6 is 0 Å². The number of carbonyl (C=O) groups excluding carboxylic acids is 1. The quantitative estimate of drug-likeness (QED) is 0.681. The van der Waals surface area contributed by atoms with E-state index in [0.29, 0.717) is 39.3 Å². The number of carbonyl (C=O) groups is 1. The summed E-state index contributed by atoms with van der Waals surface area (Å²) >= 11 is 0. The molecule has 2 aromatic carbocycles. The van der Waals surface area contributed by atoms with E-state index in [4.69, 9.17) is 0 Å². The molecule has 1 aliphatic rings. The minimum atomic E-state index is -3.46. The Morgan fingerprint density at radius 2 is 1.63 bits per heavy atom. The zero-order chi connectivity index (χ0) is 21.6. The van der Waals surface area contributed by atoms with Gasteiger partial charge in [-0.3, -0.25) is 9.69 Å². The lowest BCUT2D eigenvalue weighted by Crippen LogP contribution is -2.50. The lowest BCUT2D eigenvalue weighted by atomic mass is 10.1. The van der Waals surface area contributed by atoms with E-state index in [1.54, 1.807) is 18.0 Å². The van der Waals surface area contributed by atoms with Gasteiger partial charge in [-0.2, -0.15) is 4.31 Å². The maximum atomic E-state index is 12.6. The molecule has 3 rings (SSSR count). The standard InChI is InChI=1S/C23H29N3O3S/c1-20-8-10-22(11-9-20)18-24(2)23(27)19-25-13-15-26(16-14-25)30(28,29)17-12-21-6-4-3-5-7-21/h3-12,17H,13-16,18-19H2,1-2H3/b17-12+. The second kappa shape index (κ2) is 10.0. The third-order valence-corrected chi connectivity index (χ3v) is 6.81. The number of amides is 1. The van der Waals surface area contributed by atoms with E-state index < -0.39 is 10.0 Å². The zero-order valence-electron chi connectivity index (χ0n) is 17.6. The average Bonchev–Trinajstić information content (AvgIpc) is 2.75. The minimum Gasteiger partial charge on any atom is -0.340 e. The van der Waals surface area contributed by atoms with Crippen molar-refractivity contribution in [2.45, 2.75) is 13.5 Å². The molecule has 0 spiro atoms. The van der Waals surface area contributed by atoms with Gasteiger partial charge in [0.25, 0.3) is 0 Å². The number of benzene rings is 2. The number of hydrogen-bond donors (Lipinski definition) is 0. The van der Waals surface area contributed by atoms with Crippen LogP contribution in [0.15, 0.2) is 60.0 Å². The lowest BCUT2D eigenvalue weighted by Gasteiger charge is -2.33. The van der Waals surface area contributed by atoms with E-state index in [2.05, 4.69) is 0 Å². The van der Waals surface area contributed by atoms with Crippen molar-refractivity contribution in [1.29, 1.82) is 0 Å². The second-order valence-electron chi connectivity index (χ2n) is 7.67. The van der Waals surface area contributed by atoms with E-state index in [9.17, 15) is 13.2 Å². The van der Waals surface area contributed by atoms with Crippen LogP contribution in [0.3, 0.4) is 0 Å². The molecule has 1 amide bonds. The zero-order valence-corrected chi connectivity index (χ0v) is 18.4. The van der Waals surface area contributed by atoms with Gasteiger partial charge in [0, 0.05) is 45.2 Å². The molecule has 1 aliphatic heterocycles. The molecule has 0 bridgehead atoms. The Hall–Kier alpha value is -2.48. The molecule has 30 heavy (non-hydrogen) atoms. The average molecular weight is 428 g/mol. The van der Waals surface area contributed by atoms with Crippen molar-refractivity contribution in [3.8, 4) is 0 Å². The second-order valence-corrected chi connectivity index (χ2v) is 9.49. The Morgan fingerprint density at radius 1 is 1.00 bits per heavy atom. The number of likely N-dealkylation sites (N-methyl/N-ethyl adjacent to an activating group) is 1. The molecule has 0 atom stereocenters. The fraction of sp³-hybridized carbons (Fsp3) is 0.348. The van der Waals surface area contributed by atoms with Crippen LogP contribution in [0.5, 0.6) is 0 Å². The molecular weight excluding hydrogens is 398 g/mol. The van der Waals surface area contributed by atoms with Crippen LogP contribution in [0.4, 0.5) is 0 Å². The van der Waals surface area contributed by atoms with E-state index in [1.807, 2.05) is 66.4 Å². The fourth-order valence-corrected chi connectivity index (χ4v) is 4.50. The molecular formula is C23H29N3O3S. The summed E-state index contributed by atoms with van der Waals surface area (Å²) in [5.74, 6) is 0.0378. The first-order valence-electron chi connectivity index (χ1n) is 10.1. The molecule has 160 valence electrons. The van der Waals surface area contributed by atoms with Crippen molar-refractivity contribution in [3.05, 3.63) is 76.7 Å². The summed E-state index contributed by atoms with van der Waals surface area (Å²) in [6, 6.07) is 17.5. The number of hydrogen-bond acceptors (Lipinski definition) is 4. The van der Waals surface area contributed by atoms with E-state index in [0.717, 1.165) is 11.1 Å². The van der Waals surface area contributed by atoms with Gasteiger partial charge >= 0.3 is 0 Å². The van der Waals surface area contributed by atoms with Gasteiger partial charge in [0.2, 0.25) is 15.9 Å². The van der Waals surface area contributed by atoms with Gasteiger partial charge in [-0.05, 0) is 24.1 Å². The molecule has 1 saturated heterocycles. The van der Waals surface area contributed by atoms with Gasteiger partial charge in [-0.15, -0.1) is 0 Å². The van der Waals surface area contributed by atoms with Gasteiger partial charge in [0.05, 0.1) is 6.54 Å². The summed E-state index contributed by atoms with van der Waals surface area (Å²) in [7, 11) is -1.66. The normalized spacial score (nSPS) is 16.1. The highest BCUT2D eigenvalue weighted by Gasteiger charge is 2.26. The van der Waals surface area contributed by atoms with Crippen molar-refractivity contribution >= 4 is 22.0 Å². The predicted octanol–water partition coefficient (Wildman–Crippen LogP) is 2.57. The third-order valence-electron chi connectivity index (χ3n) is 5.25. The maximum Gasteiger partial charge on any atom is 0.236 e. The third kappa shape index (κ3) is 6.26. The molecule has 0 aliphatic carbocycles. The van der Waals surface area contributed by atoms with Crippen molar-refractivity contribution in [2.24, 2.45) is 0 Å². The van der Waals surface area contributed by atoms with Crippen molar-refractivity contribution < 1.29 is 13.2 Å². The molecule has 7 heteroatoms. The van der Waals surface area contributed by atoms with E-state index in [1.165, 1.54) is 15.3 Å². The lowest BCUT2D eigenvalue weighted by molar-refractivity contribution is -0.131. The topological polar surface area (TPSA) is 60.9 Å². The smallest absolute Gasteiger partial charge is 0.236 e. The largest absolute Gasteiger partial charge is 0.340 e. The van der Waals surface area contributed by atoms with Crippen LogP contribution in [0.1, 0.15) is 16.7 Å². The Balaban J connectivity index is 1.48. The highest BCUT2D eigenvalue weighted by Crippen LogP contribution is 2.12. The van der Waals surface area contributed by atoms with Gasteiger partial charge in [-0.1, -0.05) is 60.2 Å². The van der Waals surface area contributed by atoms with Crippen LogP contribution in [-0.4, -0.2) is 68.2 Å². The molecule has 1 heterocycles. The predicted molar refractivity (Wildman–Crippen MR) is 120 cm³/mol. The van der Waals surface area contributed by atoms with Crippen molar-refractivity contribution in [2.75, 3.05) is 39.8 Å². The first-order valence-corrected chi connectivity index (χ1v) is 11.6. The van der Waals surface area contributed by atoms with E-state index >= 15 is 0 Å². The fourth-order valence-electron chi connectivity index (χ4n) is 3.32. The van der Waals surface area contributed by atoms with Crippen LogP contribution < -0.4 is 0 Å². The van der Waals surface area contributed by atoms with Crippen LogP contribution in [0, 0.1) is 6.92 Å². The number of nitrogens with zero attached hydrogens (tertiary/aromatic N) is 3. The number of rotatable bonds is 7. The summed E-state index contributed by atoms with van der Waals surface area (Å²) in [4.78, 5) is 16.3. The Morgan fingerprint density at radius 3 is 2.27 bits per heavy atom. The monoisotopic (exact) mass is 427 g/mol. The number of piperazine rings is 1. The van der Waals surface area contributed by atoms with E-state index in [-0.39, 0.29) is 5.91 Å². The van der Waals surface area contributed by atoms with Gasteiger partial charge in [0.1, 0.15) is 0 Å². The SMILES string of the molecule is Cc1ccc(CN(C)C(=O)CN2CCN(S(=O)(=O)/C=C/c3ccccc3)CC2)cc1. The summed E-state index contributed by atoms with van der Waals surface area (Å²) in [6.07, 6.45) is 1.62. The summed E-state index contributed by atoms with van der Waals surface area (Å²) in [6.45, 7) is 4.77. The maximum absolute atomic E-state index is 12.6. The van der Waals surface area contributed by atoms with Gasteiger partial charge in [0.15, 0.2) is 0 Å². The first kappa shape index (κ1) is 22.2. The van der Waals surface area contributed by atoms with Gasteiger partial charge in [-0.25, -0.2) is 8.42 Å². The van der Waals surface area contributed by atoms with Crippen molar-refractivity contribution in [3.63, 3.8) is 0 Å². The van der Waals surface area contributed by atoms with Crippen LogP contribution in [-0.2, 0) is 21.4 Å². The summed E-state index contributed by atoms with van der Waals surface area (Å²) in [5.41, 5.74) is 3.14. The van der Waals surface area contributed by atoms with Crippen LogP contribution in [0.25, 0.3) is 6.08 Å². The highest BCUT2D eigenvalue weighted by atomic mass is 32.2. The molecule has 0 saturated carbocycles. The van der Waals surface area contributed by atoms with Gasteiger partial charge < -0.3 is 4.90 Å². The molecule has 0 unspecified atom stereocenters. The first-order chi connectivity index (χ1) is 14.3. The van der Waals surface area contributed by atoms with Crippen LogP contribution in [0.2, 0.25) is 0 Å². The molecule has 6 nitrogen and oxygen atoms in total. The van der Waals surface area contributed by atoms with Crippen molar-refractivity contribution in [1.82, 2.24) is 14.1 Å². The summed E-state index contributed by atoms with van der Waals surface area (Å²) < 4.78 is 26.6. The molecule has 0 N–H and O–H groups in total. The number of sulfonamides is 1. The minimum absolute atomic E-state index is 0.0378. The Labute approximate surface area is 179 Å². The molecule has 2 aromatic rings. The Bertz CT molecular complexity index is 965. The molecule has 1 fully saturated rings. The highest BCUT2D eigenvalue weighted by molar-refractivity contribution is 7.92. The molecule has 0 aromatic heterocycles. The number of aryl methyl sites for hydroxylation is 1. The summed E-state index contributed by atoms with van der Waals surface area (Å²) in [5, 5.41) is 1.26. The molecule has 0 radical (unpaired) electrons.